The topological polar surface area (TPSA) is 12.4 Å². The summed E-state index contributed by atoms with van der Waals surface area (Å²) >= 11 is 2.40. The van der Waals surface area contributed by atoms with Gasteiger partial charge in [-0.25, -0.2) is 0 Å². The molecule has 2 unspecified atom stereocenters. The Balaban J connectivity index is 2.39. The maximum absolute atomic E-state index is 4.79. The number of unbranched alkanes of at least 4 members (excludes halogenated alkanes) is 1. The van der Waals surface area contributed by atoms with Gasteiger partial charge in [0.15, 0.2) is 0 Å². The molecule has 18 heavy (non-hydrogen) atoms. The lowest BCUT2D eigenvalue weighted by Crippen LogP contribution is -2.35. The number of halogens is 1. The molecule has 0 aromatic heterocycles. The third kappa shape index (κ3) is 2.24. The minimum Gasteiger partial charge on any atom is -0.257 e. The van der Waals surface area contributed by atoms with Gasteiger partial charge in [0.2, 0.25) is 0 Å². The molecule has 0 fully saturated rings. The Labute approximate surface area is 124 Å². The normalized spacial score (nSPS) is 23.7. The second-order valence-corrected chi connectivity index (χ2v) is 6.85. The summed E-state index contributed by atoms with van der Waals surface area (Å²) < 4.78 is 1.31. The quantitative estimate of drug-likeness (QED) is 0.634. The Morgan fingerprint density at radius 1 is 1.39 bits per heavy atom. The van der Waals surface area contributed by atoms with Crippen molar-refractivity contribution in [1.29, 1.82) is 0 Å². The van der Waals surface area contributed by atoms with E-state index < -0.39 is 0 Å². The van der Waals surface area contributed by atoms with Gasteiger partial charge in [-0.3, -0.25) is 4.99 Å². The summed E-state index contributed by atoms with van der Waals surface area (Å²) in [4.78, 5) is 4.79. The second kappa shape index (κ2) is 5.32. The van der Waals surface area contributed by atoms with Crippen molar-refractivity contribution in [2.75, 3.05) is 0 Å². The molecule has 1 aliphatic heterocycles. The van der Waals surface area contributed by atoms with Gasteiger partial charge in [-0.15, -0.1) is 0 Å². The zero-order valence-corrected chi connectivity index (χ0v) is 13.9. The fourth-order valence-corrected chi connectivity index (χ4v) is 3.43. The lowest BCUT2D eigenvalue weighted by Gasteiger charge is -2.33. The summed E-state index contributed by atoms with van der Waals surface area (Å²) in [5.41, 5.74) is 4.02. The fourth-order valence-electron chi connectivity index (χ4n) is 2.93. The number of fused-ring (bicyclic) bond motifs is 1. The molecule has 0 aliphatic carbocycles. The number of nitrogens with zero attached hydrogens (tertiary/aromatic N) is 1. The van der Waals surface area contributed by atoms with E-state index in [1.54, 1.807) is 0 Å². The highest BCUT2D eigenvalue weighted by Gasteiger charge is 2.41. The van der Waals surface area contributed by atoms with Crippen molar-refractivity contribution in [3.8, 4) is 0 Å². The van der Waals surface area contributed by atoms with Gasteiger partial charge in [-0.05, 0) is 72.5 Å². The molecule has 0 bridgehead atoms. The van der Waals surface area contributed by atoms with E-state index in [9.17, 15) is 0 Å². The first kappa shape index (κ1) is 14.0. The maximum Gasteiger partial charge on any atom is 0.0671 e. The van der Waals surface area contributed by atoms with Crippen LogP contribution >= 0.6 is 22.6 Å². The second-order valence-electron chi connectivity index (χ2n) is 5.60. The van der Waals surface area contributed by atoms with E-state index in [4.69, 9.17) is 4.99 Å². The van der Waals surface area contributed by atoms with Crippen molar-refractivity contribution in [2.24, 2.45) is 10.9 Å². The number of hydrogen-bond donors (Lipinski definition) is 0. The van der Waals surface area contributed by atoms with Crippen molar-refractivity contribution >= 4 is 34.0 Å². The van der Waals surface area contributed by atoms with Crippen LogP contribution in [0.5, 0.6) is 0 Å². The average molecular weight is 355 g/mol. The van der Waals surface area contributed by atoms with Gasteiger partial charge in [0.1, 0.15) is 0 Å². The van der Waals surface area contributed by atoms with E-state index in [2.05, 4.69) is 68.5 Å². The molecule has 2 rings (SSSR count). The van der Waals surface area contributed by atoms with Gasteiger partial charge in [0.25, 0.3) is 0 Å². The molecule has 1 aromatic rings. The summed E-state index contributed by atoms with van der Waals surface area (Å²) in [7, 11) is 0. The zero-order valence-electron chi connectivity index (χ0n) is 11.8. The van der Waals surface area contributed by atoms with Crippen molar-refractivity contribution in [2.45, 2.75) is 52.4 Å². The van der Waals surface area contributed by atoms with Crippen molar-refractivity contribution in [1.82, 2.24) is 0 Å². The molecule has 0 spiro atoms. The van der Waals surface area contributed by atoms with Crippen LogP contribution in [0.1, 0.15) is 52.5 Å². The maximum atomic E-state index is 4.79. The molecular formula is C16H22IN. The molecule has 2 heteroatoms. The Kier molecular flexibility index (Phi) is 4.15. The Morgan fingerprint density at radius 3 is 2.78 bits per heavy atom. The molecule has 0 N–H and O–H groups in total. The van der Waals surface area contributed by atoms with Crippen LogP contribution in [0.3, 0.4) is 0 Å². The largest absolute Gasteiger partial charge is 0.257 e. The molecule has 0 saturated carbocycles. The predicted molar refractivity (Wildman–Crippen MR) is 88.0 cm³/mol. The summed E-state index contributed by atoms with van der Waals surface area (Å²) in [6.45, 7) is 9.20. The lowest BCUT2D eigenvalue weighted by atomic mass is 9.69. The molecule has 98 valence electrons. The average Bonchev–Trinajstić information content (AvgIpc) is 2.60. The van der Waals surface area contributed by atoms with Gasteiger partial charge in [0.05, 0.1) is 5.69 Å². The first-order valence-corrected chi connectivity index (χ1v) is 7.93. The molecule has 1 aliphatic rings. The third-order valence-electron chi connectivity index (χ3n) is 4.53. The molecule has 1 nitrogen and oxygen atoms in total. The first-order chi connectivity index (χ1) is 8.50. The minimum atomic E-state index is 0.131. The minimum absolute atomic E-state index is 0.131. The van der Waals surface area contributed by atoms with Crippen LogP contribution in [0.15, 0.2) is 23.2 Å². The van der Waals surface area contributed by atoms with E-state index in [1.807, 2.05) is 0 Å². The highest BCUT2D eigenvalue weighted by atomic mass is 127. The molecule has 2 atom stereocenters. The molecule has 0 radical (unpaired) electrons. The molecule has 1 aromatic carbocycles. The van der Waals surface area contributed by atoms with Crippen LogP contribution in [0, 0.1) is 9.49 Å². The fraction of sp³-hybridized carbons (Fsp3) is 0.562. The van der Waals surface area contributed by atoms with Gasteiger partial charge in [-0.1, -0.05) is 26.7 Å². The van der Waals surface area contributed by atoms with Crippen LogP contribution in [0.4, 0.5) is 5.69 Å². The standard InChI is InChI=1S/C16H22IN/c1-5-6-7-11(2)16(4)12(3)18-15-9-8-13(17)10-14(15)16/h8-11H,5-7H2,1-4H3. The summed E-state index contributed by atoms with van der Waals surface area (Å²) in [5.74, 6) is 0.653. The van der Waals surface area contributed by atoms with Crippen LogP contribution in [0.2, 0.25) is 0 Å². The SMILES string of the molecule is CCCCC(C)C1(C)C(C)=Nc2ccc(I)cc21. The van der Waals surface area contributed by atoms with Gasteiger partial charge in [-0.2, -0.15) is 0 Å². The highest BCUT2D eigenvalue weighted by molar-refractivity contribution is 14.1. The number of aliphatic imine (C=N–C) groups is 1. The van der Waals surface area contributed by atoms with E-state index in [1.165, 1.54) is 39.8 Å². The zero-order chi connectivity index (χ0) is 13.3. The monoisotopic (exact) mass is 355 g/mol. The van der Waals surface area contributed by atoms with Crippen LogP contribution in [-0.4, -0.2) is 5.71 Å². The number of rotatable bonds is 4. The Bertz CT molecular complexity index is 478. The van der Waals surface area contributed by atoms with Crippen molar-refractivity contribution in [3.63, 3.8) is 0 Å². The van der Waals surface area contributed by atoms with Gasteiger partial charge in [0, 0.05) is 14.7 Å². The third-order valence-corrected chi connectivity index (χ3v) is 5.21. The molecule has 0 saturated heterocycles. The molecule has 1 heterocycles. The van der Waals surface area contributed by atoms with Crippen LogP contribution in [-0.2, 0) is 5.41 Å². The van der Waals surface area contributed by atoms with Crippen LogP contribution < -0.4 is 0 Å². The van der Waals surface area contributed by atoms with Gasteiger partial charge >= 0.3 is 0 Å². The van der Waals surface area contributed by atoms with E-state index in [0.29, 0.717) is 5.92 Å². The van der Waals surface area contributed by atoms with Gasteiger partial charge < -0.3 is 0 Å². The Hall–Kier alpha value is -0.380. The smallest absolute Gasteiger partial charge is 0.0671 e. The highest BCUT2D eigenvalue weighted by Crippen LogP contribution is 2.46. The lowest BCUT2D eigenvalue weighted by molar-refractivity contribution is 0.380. The molecule has 0 amide bonds. The number of hydrogen-bond acceptors (Lipinski definition) is 1. The predicted octanol–water partition coefficient (Wildman–Crippen LogP) is 5.48. The van der Waals surface area contributed by atoms with Crippen LogP contribution in [0.25, 0.3) is 0 Å². The number of benzene rings is 1. The summed E-state index contributed by atoms with van der Waals surface area (Å²) in [6, 6.07) is 6.63. The summed E-state index contributed by atoms with van der Waals surface area (Å²) in [6.07, 6.45) is 3.86. The van der Waals surface area contributed by atoms with E-state index >= 15 is 0 Å². The van der Waals surface area contributed by atoms with Crippen molar-refractivity contribution in [3.05, 3.63) is 27.3 Å². The Morgan fingerprint density at radius 2 is 2.11 bits per heavy atom. The first-order valence-electron chi connectivity index (χ1n) is 6.86. The van der Waals surface area contributed by atoms with E-state index in [0.717, 1.165) is 0 Å². The van der Waals surface area contributed by atoms with Crippen molar-refractivity contribution < 1.29 is 0 Å². The van der Waals surface area contributed by atoms with E-state index in [-0.39, 0.29) is 5.41 Å². The molecular weight excluding hydrogens is 333 g/mol. The summed E-state index contributed by atoms with van der Waals surface area (Å²) in [5, 5.41) is 0.